The predicted octanol–water partition coefficient (Wildman–Crippen LogP) is 2.38. The molecule has 0 unspecified atom stereocenters. The van der Waals surface area contributed by atoms with Crippen molar-refractivity contribution in [2.75, 3.05) is 31.1 Å². The second-order valence-electron chi connectivity index (χ2n) is 6.56. The van der Waals surface area contributed by atoms with Gasteiger partial charge in [0.1, 0.15) is 12.4 Å². The number of hydrogen-bond acceptors (Lipinski definition) is 7. The monoisotopic (exact) mass is 349 g/mol. The number of fused-ring (bicyclic) bond motifs is 1. The fourth-order valence-electron chi connectivity index (χ4n) is 3.50. The largest absolute Gasteiger partial charge is 0.490 e. The number of anilines is 2. The van der Waals surface area contributed by atoms with Crippen molar-refractivity contribution in [1.29, 1.82) is 5.26 Å². The summed E-state index contributed by atoms with van der Waals surface area (Å²) in [6.45, 7) is 2.59. The number of likely N-dealkylation sites (tertiary alicyclic amines) is 1. The predicted molar refractivity (Wildman–Crippen MR) is 95.2 cm³/mol. The highest BCUT2D eigenvalue weighted by atomic mass is 16.5. The molecule has 0 saturated carbocycles. The fraction of sp³-hybridized carbons (Fsp3) is 0.368. The number of ketones is 1. The molecule has 26 heavy (non-hydrogen) atoms. The van der Waals surface area contributed by atoms with Crippen molar-refractivity contribution < 1.29 is 9.53 Å². The van der Waals surface area contributed by atoms with Crippen molar-refractivity contribution >= 4 is 17.4 Å². The second-order valence-corrected chi connectivity index (χ2v) is 6.56. The SMILES string of the molecule is N#CN1CC[C@@H](CC(=O)c2ccc3c(c2)OCCN3c2ncccn2)C1. The first-order valence-corrected chi connectivity index (χ1v) is 8.74. The third-order valence-corrected chi connectivity index (χ3v) is 4.84. The van der Waals surface area contributed by atoms with E-state index in [1.54, 1.807) is 23.4 Å². The molecule has 7 heteroatoms. The number of carbonyl (C=O) groups is 1. The first-order chi connectivity index (χ1) is 12.7. The van der Waals surface area contributed by atoms with Crippen molar-refractivity contribution in [2.45, 2.75) is 12.8 Å². The van der Waals surface area contributed by atoms with Crippen LogP contribution in [0.5, 0.6) is 5.75 Å². The molecule has 2 aliphatic rings. The van der Waals surface area contributed by atoms with Crippen LogP contribution < -0.4 is 9.64 Å². The molecule has 132 valence electrons. The van der Waals surface area contributed by atoms with Crippen LogP contribution in [-0.2, 0) is 0 Å². The molecule has 1 fully saturated rings. The number of nitriles is 1. The van der Waals surface area contributed by atoms with Crippen LogP contribution in [-0.4, -0.2) is 46.9 Å². The highest BCUT2D eigenvalue weighted by Gasteiger charge is 2.26. The van der Waals surface area contributed by atoms with E-state index in [1.165, 1.54) is 0 Å². The molecule has 1 aromatic carbocycles. The summed E-state index contributed by atoms with van der Waals surface area (Å²) in [6.07, 6.45) is 6.92. The Kier molecular flexibility index (Phi) is 4.40. The van der Waals surface area contributed by atoms with Crippen molar-refractivity contribution in [1.82, 2.24) is 14.9 Å². The Morgan fingerprint density at radius 1 is 1.31 bits per heavy atom. The lowest BCUT2D eigenvalue weighted by Gasteiger charge is -2.29. The molecular formula is C19H19N5O2. The maximum atomic E-state index is 12.6. The highest BCUT2D eigenvalue weighted by Crippen LogP contribution is 2.36. The first-order valence-electron chi connectivity index (χ1n) is 8.74. The minimum absolute atomic E-state index is 0.0919. The molecule has 1 aromatic heterocycles. The van der Waals surface area contributed by atoms with E-state index in [1.807, 2.05) is 23.1 Å². The molecule has 0 amide bonds. The van der Waals surface area contributed by atoms with Crippen LogP contribution in [0.25, 0.3) is 0 Å². The van der Waals surface area contributed by atoms with E-state index >= 15 is 0 Å². The molecule has 3 heterocycles. The first kappa shape index (κ1) is 16.3. The van der Waals surface area contributed by atoms with Gasteiger partial charge in [-0.25, -0.2) is 9.97 Å². The van der Waals surface area contributed by atoms with E-state index in [9.17, 15) is 4.79 Å². The molecule has 0 aliphatic carbocycles. The average Bonchev–Trinajstić information content (AvgIpc) is 3.15. The van der Waals surface area contributed by atoms with E-state index in [-0.39, 0.29) is 11.7 Å². The van der Waals surface area contributed by atoms with Crippen LogP contribution in [0.2, 0.25) is 0 Å². The number of Topliss-reactive ketones (excluding diaryl/α,β-unsaturated/α-hetero) is 1. The normalized spacial score (nSPS) is 18.8. The number of benzene rings is 1. The van der Waals surface area contributed by atoms with E-state index in [0.717, 1.165) is 18.7 Å². The summed E-state index contributed by atoms with van der Waals surface area (Å²) in [5, 5.41) is 8.95. The third kappa shape index (κ3) is 3.18. The van der Waals surface area contributed by atoms with Crippen LogP contribution in [0.4, 0.5) is 11.6 Å². The van der Waals surface area contributed by atoms with Gasteiger partial charge in [0.05, 0.1) is 12.2 Å². The van der Waals surface area contributed by atoms with Gasteiger partial charge in [-0.05, 0) is 36.6 Å². The lowest BCUT2D eigenvalue weighted by atomic mass is 9.97. The molecule has 0 N–H and O–H groups in total. The van der Waals surface area contributed by atoms with Crippen molar-refractivity contribution in [3.8, 4) is 11.9 Å². The summed E-state index contributed by atoms with van der Waals surface area (Å²) in [4.78, 5) is 25.0. The summed E-state index contributed by atoms with van der Waals surface area (Å²) in [7, 11) is 0. The van der Waals surface area contributed by atoms with Crippen LogP contribution in [0.15, 0.2) is 36.7 Å². The van der Waals surface area contributed by atoms with Crippen LogP contribution >= 0.6 is 0 Å². The molecule has 2 aromatic rings. The van der Waals surface area contributed by atoms with Gasteiger partial charge in [-0.2, -0.15) is 5.26 Å². The van der Waals surface area contributed by atoms with E-state index in [2.05, 4.69) is 16.2 Å². The zero-order chi connectivity index (χ0) is 17.9. The van der Waals surface area contributed by atoms with Crippen LogP contribution in [0.1, 0.15) is 23.2 Å². The molecule has 1 atom stereocenters. The standard InChI is InChI=1S/C19H19N5O2/c20-13-23-7-4-14(12-23)10-17(25)15-2-3-16-18(11-15)26-9-8-24(16)19-21-5-1-6-22-19/h1-3,5-6,11,14H,4,7-10,12H2/t14-/m0/s1. The Labute approximate surface area is 151 Å². The van der Waals surface area contributed by atoms with Gasteiger partial charge in [0.25, 0.3) is 0 Å². The Hall–Kier alpha value is -3.14. The lowest BCUT2D eigenvalue weighted by Crippen LogP contribution is -2.30. The van der Waals surface area contributed by atoms with E-state index in [4.69, 9.17) is 10.00 Å². The Bertz CT molecular complexity index is 849. The highest BCUT2D eigenvalue weighted by molar-refractivity contribution is 5.97. The van der Waals surface area contributed by atoms with Crippen molar-refractivity contribution in [3.05, 3.63) is 42.2 Å². The van der Waals surface area contributed by atoms with Gasteiger partial charge in [0.15, 0.2) is 12.0 Å². The summed E-state index contributed by atoms with van der Waals surface area (Å²) in [5.74, 6) is 1.64. The molecule has 1 saturated heterocycles. The third-order valence-electron chi connectivity index (χ3n) is 4.84. The maximum Gasteiger partial charge on any atom is 0.230 e. The van der Waals surface area contributed by atoms with E-state index in [0.29, 0.717) is 43.4 Å². The van der Waals surface area contributed by atoms with Crippen LogP contribution in [0.3, 0.4) is 0 Å². The number of ether oxygens (including phenoxy) is 1. The smallest absolute Gasteiger partial charge is 0.230 e. The topological polar surface area (TPSA) is 82.4 Å². The van der Waals surface area contributed by atoms with Crippen molar-refractivity contribution in [3.63, 3.8) is 0 Å². The van der Waals surface area contributed by atoms with Gasteiger partial charge < -0.3 is 14.5 Å². The van der Waals surface area contributed by atoms with Gasteiger partial charge in [0, 0.05) is 37.5 Å². The molecule has 4 rings (SSSR count). The minimum atomic E-state index is 0.0919. The van der Waals surface area contributed by atoms with Gasteiger partial charge in [-0.3, -0.25) is 4.79 Å². The number of aromatic nitrogens is 2. The number of rotatable bonds is 4. The molecular weight excluding hydrogens is 330 g/mol. The Morgan fingerprint density at radius 3 is 2.92 bits per heavy atom. The summed E-state index contributed by atoms with van der Waals surface area (Å²) in [6, 6.07) is 7.32. The number of carbonyl (C=O) groups excluding carboxylic acids is 1. The molecule has 0 spiro atoms. The summed E-state index contributed by atoms with van der Waals surface area (Å²) < 4.78 is 5.77. The fourth-order valence-corrected chi connectivity index (χ4v) is 3.50. The van der Waals surface area contributed by atoms with Gasteiger partial charge in [0.2, 0.25) is 5.95 Å². The summed E-state index contributed by atoms with van der Waals surface area (Å²) in [5.41, 5.74) is 1.52. The number of nitrogens with zero attached hydrogens (tertiary/aromatic N) is 5. The molecule has 7 nitrogen and oxygen atoms in total. The van der Waals surface area contributed by atoms with Gasteiger partial charge in [-0.1, -0.05) is 0 Å². The Balaban J connectivity index is 1.52. The molecule has 0 bridgehead atoms. The second kappa shape index (κ2) is 7.00. The average molecular weight is 349 g/mol. The zero-order valence-electron chi connectivity index (χ0n) is 14.3. The van der Waals surface area contributed by atoms with Crippen molar-refractivity contribution in [2.24, 2.45) is 5.92 Å². The molecule has 0 radical (unpaired) electrons. The zero-order valence-corrected chi connectivity index (χ0v) is 14.3. The maximum absolute atomic E-state index is 12.6. The van der Waals surface area contributed by atoms with Gasteiger partial charge >= 0.3 is 0 Å². The lowest BCUT2D eigenvalue weighted by molar-refractivity contribution is 0.0962. The quantitative estimate of drug-likeness (QED) is 0.619. The van der Waals surface area contributed by atoms with Crippen LogP contribution in [0, 0.1) is 17.4 Å². The number of hydrogen-bond donors (Lipinski definition) is 0. The Morgan fingerprint density at radius 2 is 2.15 bits per heavy atom. The minimum Gasteiger partial charge on any atom is -0.490 e. The molecule has 2 aliphatic heterocycles. The van der Waals surface area contributed by atoms with E-state index < -0.39 is 0 Å². The summed E-state index contributed by atoms with van der Waals surface area (Å²) >= 11 is 0. The van der Waals surface area contributed by atoms with Gasteiger partial charge in [-0.15, -0.1) is 0 Å².